The lowest BCUT2D eigenvalue weighted by Crippen LogP contribution is -2.33. The van der Waals surface area contributed by atoms with Gasteiger partial charge in [0.05, 0.1) is 11.9 Å². The molecule has 0 spiro atoms. The third-order valence-corrected chi connectivity index (χ3v) is 4.43. The third kappa shape index (κ3) is 3.25. The highest BCUT2D eigenvalue weighted by Gasteiger charge is 2.17. The van der Waals surface area contributed by atoms with E-state index in [9.17, 15) is 4.79 Å². The molecule has 1 amide bonds. The smallest absolute Gasteiger partial charge is 0.253 e. The molecular weight excluding hydrogens is 302 g/mol. The van der Waals surface area contributed by atoms with Crippen LogP contribution in [0.15, 0.2) is 30.5 Å². The van der Waals surface area contributed by atoms with Crippen molar-refractivity contribution < 1.29 is 4.79 Å². The monoisotopic (exact) mass is 323 g/mol. The van der Waals surface area contributed by atoms with Crippen molar-refractivity contribution in [2.75, 3.05) is 18.8 Å². The van der Waals surface area contributed by atoms with E-state index in [1.54, 1.807) is 12.1 Å². The van der Waals surface area contributed by atoms with E-state index in [1.807, 2.05) is 23.1 Å². The first-order valence-electron chi connectivity index (χ1n) is 8.34. The van der Waals surface area contributed by atoms with Gasteiger partial charge in [0.25, 0.3) is 5.91 Å². The van der Waals surface area contributed by atoms with E-state index >= 15 is 0 Å². The number of carbonyl (C=O) groups excluding carboxylic acids is 1. The summed E-state index contributed by atoms with van der Waals surface area (Å²) in [5.41, 5.74) is 7.65. The number of anilines is 1. The van der Waals surface area contributed by atoms with Crippen LogP contribution >= 0.6 is 0 Å². The Kier molecular flexibility index (Phi) is 4.80. The van der Waals surface area contributed by atoms with Gasteiger partial charge in [-0.15, -0.1) is 0 Å². The molecule has 0 saturated carbocycles. The summed E-state index contributed by atoms with van der Waals surface area (Å²) >= 11 is 0. The molecule has 1 aliphatic rings. The predicted octanol–water partition coefficient (Wildman–Crippen LogP) is 2.73. The largest absolute Gasteiger partial charge is 0.382 e. The van der Waals surface area contributed by atoms with E-state index in [1.165, 1.54) is 30.1 Å². The van der Waals surface area contributed by atoms with Gasteiger partial charge < -0.3 is 10.6 Å². The number of likely N-dealkylation sites (tertiary alicyclic amines) is 1. The number of nitrogens with two attached hydrogens (primary N) is 1. The maximum Gasteiger partial charge on any atom is 0.253 e. The molecule has 1 fully saturated rings. The second kappa shape index (κ2) is 7.18. The summed E-state index contributed by atoms with van der Waals surface area (Å²) in [7, 11) is 0. The Morgan fingerprint density at radius 3 is 2.29 bits per heavy atom. The molecule has 1 aliphatic heterocycles. The van der Waals surface area contributed by atoms with Crippen LogP contribution in [0.4, 0.5) is 5.82 Å². The Hall–Kier alpha value is -2.81. The lowest BCUT2D eigenvalue weighted by molar-refractivity contribution is 0.0742. The summed E-state index contributed by atoms with van der Waals surface area (Å²) in [4.78, 5) is 14.6. The highest BCUT2D eigenvalue weighted by molar-refractivity contribution is 5.94. The van der Waals surface area contributed by atoms with Crippen LogP contribution in [0.1, 0.15) is 48.0 Å². The van der Waals surface area contributed by atoms with Crippen LogP contribution in [-0.4, -0.2) is 33.7 Å². The quantitative estimate of drug-likeness (QED) is 0.920. The normalized spacial score (nSPS) is 15.4. The summed E-state index contributed by atoms with van der Waals surface area (Å²) in [6, 6.07) is 9.21. The minimum absolute atomic E-state index is 0.0783. The van der Waals surface area contributed by atoms with Gasteiger partial charge in [0, 0.05) is 18.7 Å². The van der Waals surface area contributed by atoms with Crippen molar-refractivity contribution in [1.82, 2.24) is 14.7 Å². The van der Waals surface area contributed by atoms with Crippen molar-refractivity contribution in [3.63, 3.8) is 0 Å². The van der Waals surface area contributed by atoms with Gasteiger partial charge in [0.1, 0.15) is 17.5 Å². The van der Waals surface area contributed by atoms with Gasteiger partial charge in [0.15, 0.2) is 0 Å². The second-order valence-electron chi connectivity index (χ2n) is 6.07. The van der Waals surface area contributed by atoms with Gasteiger partial charge in [-0.2, -0.15) is 10.4 Å². The van der Waals surface area contributed by atoms with E-state index in [4.69, 9.17) is 11.0 Å². The van der Waals surface area contributed by atoms with Crippen LogP contribution in [0.3, 0.4) is 0 Å². The number of benzene rings is 1. The molecule has 2 aromatic rings. The number of carbonyl (C=O) groups is 1. The predicted molar refractivity (Wildman–Crippen MR) is 91.7 cm³/mol. The van der Waals surface area contributed by atoms with E-state index in [2.05, 4.69) is 5.10 Å². The standard InChI is InChI=1S/C18H21N5O/c19-12-15-13-21-23(17(15)20)16-8-6-14(7-9-16)18(24)22-10-4-2-1-3-5-11-22/h6-9,13H,1-5,10-11,20H2. The lowest BCUT2D eigenvalue weighted by atomic mass is 10.1. The van der Waals surface area contributed by atoms with E-state index < -0.39 is 0 Å². The highest BCUT2D eigenvalue weighted by Crippen LogP contribution is 2.18. The van der Waals surface area contributed by atoms with E-state index in [-0.39, 0.29) is 5.91 Å². The minimum atomic E-state index is 0.0783. The van der Waals surface area contributed by atoms with Crippen molar-refractivity contribution in [3.05, 3.63) is 41.6 Å². The van der Waals surface area contributed by atoms with Crippen molar-refractivity contribution in [1.29, 1.82) is 5.26 Å². The van der Waals surface area contributed by atoms with E-state index in [0.717, 1.165) is 31.6 Å². The van der Waals surface area contributed by atoms with Crippen LogP contribution in [0.2, 0.25) is 0 Å². The van der Waals surface area contributed by atoms with Gasteiger partial charge in [-0.1, -0.05) is 19.3 Å². The molecule has 1 aromatic carbocycles. The number of aromatic nitrogens is 2. The van der Waals surface area contributed by atoms with Crippen LogP contribution in [0.25, 0.3) is 5.69 Å². The Morgan fingerprint density at radius 2 is 1.71 bits per heavy atom. The summed E-state index contributed by atoms with van der Waals surface area (Å²) < 4.78 is 1.50. The number of amides is 1. The minimum Gasteiger partial charge on any atom is -0.382 e. The van der Waals surface area contributed by atoms with Crippen LogP contribution in [0.5, 0.6) is 0 Å². The van der Waals surface area contributed by atoms with Crippen molar-refractivity contribution >= 4 is 11.7 Å². The average molecular weight is 323 g/mol. The fourth-order valence-electron chi connectivity index (χ4n) is 3.03. The molecule has 2 N–H and O–H groups in total. The molecule has 1 saturated heterocycles. The zero-order valence-corrected chi connectivity index (χ0v) is 13.6. The van der Waals surface area contributed by atoms with Gasteiger partial charge in [-0.3, -0.25) is 4.79 Å². The average Bonchev–Trinajstić information content (AvgIpc) is 2.95. The number of nitrogen functional groups attached to an aromatic ring is 1. The molecule has 3 rings (SSSR count). The van der Waals surface area contributed by atoms with Crippen molar-refractivity contribution in [3.8, 4) is 11.8 Å². The first-order valence-corrected chi connectivity index (χ1v) is 8.34. The molecule has 24 heavy (non-hydrogen) atoms. The summed E-state index contributed by atoms with van der Waals surface area (Å²) in [6.45, 7) is 1.66. The van der Waals surface area contributed by atoms with Crippen LogP contribution in [-0.2, 0) is 0 Å². The third-order valence-electron chi connectivity index (χ3n) is 4.43. The summed E-state index contributed by atoms with van der Waals surface area (Å²) in [5, 5.41) is 13.1. The molecule has 124 valence electrons. The number of nitriles is 1. The number of hydrogen-bond donors (Lipinski definition) is 1. The van der Waals surface area contributed by atoms with Gasteiger partial charge >= 0.3 is 0 Å². The Labute approximate surface area is 141 Å². The molecule has 0 atom stereocenters. The second-order valence-corrected chi connectivity index (χ2v) is 6.07. The van der Waals surface area contributed by atoms with Crippen molar-refractivity contribution in [2.24, 2.45) is 0 Å². The lowest BCUT2D eigenvalue weighted by Gasteiger charge is -2.25. The maximum atomic E-state index is 12.7. The van der Waals surface area contributed by atoms with Crippen LogP contribution in [0, 0.1) is 11.3 Å². The van der Waals surface area contributed by atoms with Gasteiger partial charge in [-0.25, -0.2) is 4.68 Å². The zero-order chi connectivity index (χ0) is 16.9. The van der Waals surface area contributed by atoms with E-state index in [0.29, 0.717) is 16.9 Å². The Bertz CT molecular complexity index is 749. The first kappa shape index (κ1) is 16.1. The Morgan fingerprint density at radius 1 is 1.08 bits per heavy atom. The molecule has 6 nitrogen and oxygen atoms in total. The topological polar surface area (TPSA) is 87.9 Å². The highest BCUT2D eigenvalue weighted by atomic mass is 16.2. The molecule has 1 aromatic heterocycles. The number of hydrogen-bond acceptors (Lipinski definition) is 4. The number of nitrogens with zero attached hydrogens (tertiary/aromatic N) is 4. The fourth-order valence-corrected chi connectivity index (χ4v) is 3.03. The molecular formula is C18H21N5O. The van der Waals surface area contributed by atoms with Gasteiger partial charge in [0.2, 0.25) is 0 Å². The molecule has 0 unspecified atom stereocenters. The molecule has 0 bridgehead atoms. The molecule has 0 aliphatic carbocycles. The SMILES string of the molecule is N#Cc1cnn(-c2ccc(C(=O)N3CCCCCCC3)cc2)c1N. The number of rotatable bonds is 2. The Balaban J connectivity index is 1.77. The zero-order valence-electron chi connectivity index (χ0n) is 13.6. The van der Waals surface area contributed by atoms with Crippen LogP contribution < -0.4 is 5.73 Å². The summed E-state index contributed by atoms with van der Waals surface area (Å²) in [6.07, 6.45) is 7.25. The van der Waals surface area contributed by atoms with Gasteiger partial charge in [-0.05, 0) is 37.1 Å². The van der Waals surface area contributed by atoms with Crippen molar-refractivity contribution in [2.45, 2.75) is 32.1 Å². The molecule has 6 heteroatoms. The molecule has 2 heterocycles. The first-order chi connectivity index (χ1) is 11.7. The fraction of sp³-hybridized carbons (Fsp3) is 0.389. The summed E-state index contributed by atoms with van der Waals surface area (Å²) in [5.74, 6) is 0.384. The maximum absolute atomic E-state index is 12.7. The molecule has 0 radical (unpaired) electrons.